The summed E-state index contributed by atoms with van der Waals surface area (Å²) in [6.07, 6.45) is 0.872. The Labute approximate surface area is 106 Å². The fourth-order valence-corrected chi connectivity index (χ4v) is 2.02. The van der Waals surface area contributed by atoms with Gasteiger partial charge in [0.2, 0.25) is 5.91 Å². The van der Waals surface area contributed by atoms with Gasteiger partial charge < -0.3 is 15.1 Å². The smallest absolute Gasteiger partial charge is 0.321 e. The molecule has 1 heterocycles. The Kier molecular flexibility index (Phi) is 3.23. The van der Waals surface area contributed by atoms with Crippen molar-refractivity contribution >= 4 is 23.3 Å². The summed E-state index contributed by atoms with van der Waals surface area (Å²) in [6.45, 7) is 2.27. The largest absolute Gasteiger partial charge is 0.331 e. The lowest BCUT2D eigenvalue weighted by molar-refractivity contribution is -0.116. The van der Waals surface area contributed by atoms with E-state index in [4.69, 9.17) is 0 Å². The number of rotatable bonds is 1. The maximum atomic E-state index is 11.6. The van der Waals surface area contributed by atoms with E-state index in [0.717, 1.165) is 24.2 Å². The van der Waals surface area contributed by atoms with Gasteiger partial charge in [-0.25, -0.2) is 4.79 Å². The third-order valence-corrected chi connectivity index (χ3v) is 3.02. The Morgan fingerprint density at radius 3 is 2.67 bits per heavy atom. The van der Waals surface area contributed by atoms with E-state index < -0.39 is 0 Å². The van der Waals surface area contributed by atoms with Crippen LogP contribution in [0.5, 0.6) is 0 Å². The lowest BCUT2D eigenvalue weighted by Crippen LogP contribution is -2.28. The van der Waals surface area contributed by atoms with Gasteiger partial charge in [0.05, 0.1) is 0 Å². The van der Waals surface area contributed by atoms with Crippen LogP contribution in [0, 0.1) is 0 Å². The minimum Gasteiger partial charge on any atom is -0.331 e. The summed E-state index contributed by atoms with van der Waals surface area (Å²) >= 11 is 0. The molecule has 3 amide bonds. The third-order valence-electron chi connectivity index (χ3n) is 3.02. The van der Waals surface area contributed by atoms with Crippen molar-refractivity contribution in [2.75, 3.05) is 30.9 Å². The molecule has 0 fully saturated rings. The van der Waals surface area contributed by atoms with Crippen molar-refractivity contribution in [2.24, 2.45) is 0 Å². The molecule has 0 atom stereocenters. The van der Waals surface area contributed by atoms with E-state index in [1.807, 2.05) is 18.2 Å². The summed E-state index contributed by atoms with van der Waals surface area (Å²) < 4.78 is 0. The van der Waals surface area contributed by atoms with Gasteiger partial charge in [-0.05, 0) is 24.1 Å². The maximum absolute atomic E-state index is 11.6. The first-order valence-corrected chi connectivity index (χ1v) is 5.88. The predicted octanol–water partition coefficient (Wildman–Crippen LogP) is 1.69. The molecule has 0 aliphatic carbocycles. The molecule has 96 valence electrons. The second kappa shape index (κ2) is 4.68. The maximum Gasteiger partial charge on any atom is 0.321 e. The highest BCUT2D eigenvalue weighted by Gasteiger charge is 2.22. The average molecular weight is 247 g/mol. The summed E-state index contributed by atoms with van der Waals surface area (Å²) in [6, 6.07) is 5.50. The minimum absolute atomic E-state index is 0.0323. The lowest BCUT2D eigenvalue weighted by atomic mass is 10.1. The first-order chi connectivity index (χ1) is 8.49. The minimum atomic E-state index is -0.178. The molecular formula is C13H17N3O2. The van der Waals surface area contributed by atoms with Crippen LogP contribution >= 0.6 is 0 Å². The summed E-state index contributed by atoms with van der Waals surface area (Å²) in [4.78, 5) is 26.2. The van der Waals surface area contributed by atoms with Crippen LogP contribution in [-0.2, 0) is 11.2 Å². The Morgan fingerprint density at radius 2 is 2.06 bits per heavy atom. The van der Waals surface area contributed by atoms with E-state index in [1.54, 1.807) is 25.9 Å². The number of benzene rings is 1. The summed E-state index contributed by atoms with van der Waals surface area (Å²) in [5.41, 5.74) is 2.76. The molecule has 0 aromatic heterocycles. The van der Waals surface area contributed by atoms with Gasteiger partial charge in [-0.1, -0.05) is 6.07 Å². The van der Waals surface area contributed by atoms with Crippen molar-refractivity contribution in [1.29, 1.82) is 0 Å². The van der Waals surface area contributed by atoms with Crippen LogP contribution in [0.2, 0.25) is 0 Å². The number of fused-ring (bicyclic) bond motifs is 1. The molecule has 0 spiro atoms. The zero-order valence-electron chi connectivity index (χ0n) is 10.9. The van der Waals surface area contributed by atoms with Crippen molar-refractivity contribution in [1.82, 2.24) is 4.90 Å². The van der Waals surface area contributed by atoms with Gasteiger partial charge in [0.1, 0.15) is 0 Å². The van der Waals surface area contributed by atoms with Gasteiger partial charge in [0, 0.05) is 38.9 Å². The molecule has 1 aromatic rings. The Balaban J connectivity index is 2.24. The number of hydrogen-bond donors (Lipinski definition) is 1. The van der Waals surface area contributed by atoms with Gasteiger partial charge in [-0.15, -0.1) is 0 Å². The highest BCUT2D eigenvalue weighted by atomic mass is 16.2. The second-order valence-electron chi connectivity index (χ2n) is 4.59. The third kappa shape index (κ3) is 2.30. The van der Waals surface area contributed by atoms with Gasteiger partial charge in [0.25, 0.3) is 0 Å². The van der Waals surface area contributed by atoms with Crippen LogP contribution in [0.4, 0.5) is 16.2 Å². The number of hydrogen-bond acceptors (Lipinski definition) is 2. The van der Waals surface area contributed by atoms with Gasteiger partial charge >= 0.3 is 6.03 Å². The van der Waals surface area contributed by atoms with Gasteiger partial charge in [0.15, 0.2) is 0 Å². The quantitative estimate of drug-likeness (QED) is 0.821. The molecule has 1 aromatic carbocycles. The Hall–Kier alpha value is -2.04. The van der Waals surface area contributed by atoms with E-state index in [2.05, 4.69) is 5.32 Å². The first kappa shape index (κ1) is 12.4. The van der Waals surface area contributed by atoms with Crippen LogP contribution in [0.1, 0.15) is 12.5 Å². The van der Waals surface area contributed by atoms with E-state index >= 15 is 0 Å². The number of carbonyl (C=O) groups excluding carboxylic acids is 2. The zero-order chi connectivity index (χ0) is 13.3. The standard InChI is InChI=1S/C13H17N3O2/c1-9(17)16-7-6-10-4-5-11(8-12(10)16)14-13(18)15(2)3/h4-5,8H,6-7H2,1-3H3,(H,14,18). The topological polar surface area (TPSA) is 52.7 Å². The summed E-state index contributed by atoms with van der Waals surface area (Å²) in [5, 5.41) is 2.78. The number of nitrogens with zero attached hydrogens (tertiary/aromatic N) is 2. The van der Waals surface area contributed by atoms with Crippen molar-refractivity contribution in [3.05, 3.63) is 23.8 Å². The monoisotopic (exact) mass is 247 g/mol. The molecule has 0 radical (unpaired) electrons. The van der Waals surface area contributed by atoms with Gasteiger partial charge in [-0.2, -0.15) is 0 Å². The lowest BCUT2D eigenvalue weighted by Gasteiger charge is -2.17. The predicted molar refractivity (Wildman–Crippen MR) is 70.9 cm³/mol. The van der Waals surface area contributed by atoms with E-state index in [1.165, 1.54) is 4.90 Å². The molecule has 1 aliphatic rings. The molecule has 5 nitrogen and oxygen atoms in total. The van der Waals surface area contributed by atoms with Crippen LogP contribution < -0.4 is 10.2 Å². The van der Waals surface area contributed by atoms with Gasteiger partial charge in [-0.3, -0.25) is 4.79 Å². The number of anilines is 2. The van der Waals surface area contributed by atoms with Crippen molar-refractivity contribution in [2.45, 2.75) is 13.3 Å². The number of nitrogens with one attached hydrogen (secondary N) is 1. The molecule has 0 unspecified atom stereocenters. The molecule has 5 heteroatoms. The summed E-state index contributed by atoms with van der Waals surface area (Å²) in [7, 11) is 3.37. The van der Waals surface area contributed by atoms with Crippen LogP contribution in [0.15, 0.2) is 18.2 Å². The van der Waals surface area contributed by atoms with Crippen LogP contribution in [0.25, 0.3) is 0 Å². The molecule has 0 saturated heterocycles. The fourth-order valence-electron chi connectivity index (χ4n) is 2.02. The van der Waals surface area contributed by atoms with Crippen LogP contribution in [-0.4, -0.2) is 37.5 Å². The normalized spacial score (nSPS) is 13.2. The van der Waals surface area contributed by atoms with E-state index in [9.17, 15) is 9.59 Å². The highest BCUT2D eigenvalue weighted by molar-refractivity contribution is 5.96. The van der Waals surface area contributed by atoms with Crippen molar-refractivity contribution in [3.63, 3.8) is 0 Å². The first-order valence-electron chi connectivity index (χ1n) is 5.88. The molecule has 0 saturated carbocycles. The highest BCUT2D eigenvalue weighted by Crippen LogP contribution is 2.30. The van der Waals surface area contributed by atoms with Crippen molar-refractivity contribution < 1.29 is 9.59 Å². The van der Waals surface area contributed by atoms with E-state index in [0.29, 0.717) is 5.69 Å². The van der Waals surface area contributed by atoms with Crippen molar-refractivity contribution in [3.8, 4) is 0 Å². The molecule has 1 aliphatic heterocycles. The molecule has 2 rings (SSSR count). The molecule has 18 heavy (non-hydrogen) atoms. The van der Waals surface area contributed by atoms with Crippen LogP contribution in [0.3, 0.4) is 0 Å². The summed E-state index contributed by atoms with van der Waals surface area (Å²) in [5.74, 6) is 0.0323. The molecular weight excluding hydrogens is 230 g/mol. The average Bonchev–Trinajstić information content (AvgIpc) is 2.71. The fraction of sp³-hybridized carbons (Fsp3) is 0.385. The number of amides is 3. The number of carbonyl (C=O) groups is 2. The SMILES string of the molecule is CC(=O)N1CCc2ccc(NC(=O)N(C)C)cc21. The zero-order valence-corrected chi connectivity index (χ0v) is 10.9. The Morgan fingerprint density at radius 1 is 1.33 bits per heavy atom. The molecule has 1 N–H and O–H groups in total. The Bertz CT molecular complexity index is 497. The van der Waals surface area contributed by atoms with E-state index in [-0.39, 0.29) is 11.9 Å². The second-order valence-corrected chi connectivity index (χ2v) is 4.59. The number of urea groups is 1. The molecule has 0 bridgehead atoms.